The molecule has 0 bridgehead atoms. The molecular weight excluding hydrogens is 312 g/mol. The summed E-state index contributed by atoms with van der Waals surface area (Å²) in [7, 11) is 0. The normalized spacial score (nSPS) is 10.6. The molecule has 0 spiro atoms. The molecule has 0 aliphatic rings. The van der Waals surface area contributed by atoms with Crippen LogP contribution in [0.5, 0.6) is 0 Å². The van der Waals surface area contributed by atoms with Crippen LogP contribution in [0.2, 0.25) is 0 Å². The van der Waals surface area contributed by atoms with Gasteiger partial charge < -0.3 is 4.42 Å². The van der Waals surface area contributed by atoms with Gasteiger partial charge in [-0.3, -0.25) is 22.3 Å². The highest BCUT2D eigenvalue weighted by Gasteiger charge is 2.17. The van der Waals surface area contributed by atoms with Crippen molar-refractivity contribution in [2.45, 2.75) is 13.8 Å². The third kappa shape index (κ3) is 3.04. The fraction of sp³-hybridized carbons (Fsp3) is 0.100. The molecule has 5 nitrogen and oxygen atoms in total. The van der Waals surface area contributed by atoms with E-state index in [2.05, 4.69) is 13.8 Å². The summed E-state index contributed by atoms with van der Waals surface area (Å²) >= 11 is 0. The van der Waals surface area contributed by atoms with E-state index in [0.717, 1.165) is 44.9 Å². The van der Waals surface area contributed by atoms with Crippen molar-refractivity contribution in [1.29, 1.82) is 0 Å². The molecule has 0 aliphatic carbocycles. The zero-order valence-corrected chi connectivity index (χ0v) is 14.3. The van der Waals surface area contributed by atoms with Gasteiger partial charge in [0.15, 0.2) is 0 Å². The average molecular weight is 334 g/mol. The lowest BCUT2D eigenvalue weighted by Crippen LogP contribution is -2.46. The Labute approximate surface area is 146 Å². The van der Waals surface area contributed by atoms with Crippen molar-refractivity contribution < 1.29 is 15.2 Å². The number of hydrogen-bond donors (Lipinski definition) is 4. The van der Waals surface area contributed by atoms with Crippen LogP contribution in [-0.4, -0.2) is 11.7 Å². The number of furan rings is 1. The standard InChI is InChI=1S/C20H20N4O/c1-11-12(2)18(14-5-9-16(10-6-14)20(23)24)25-17(11)13-3-7-15(8-4-13)19(21)22/h3-10H,1-2H3,(H3,21,22)(H3,23,24)/p+2. The van der Waals surface area contributed by atoms with Crippen molar-refractivity contribution in [2.75, 3.05) is 0 Å². The third-order valence-electron chi connectivity index (χ3n) is 4.41. The Kier molecular flexibility index (Phi) is 4.15. The van der Waals surface area contributed by atoms with Gasteiger partial charge in [0.05, 0.1) is 11.1 Å². The summed E-state index contributed by atoms with van der Waals surface area (Å²) in [6.45, 7) is 4.10. The molecule has 5 heteroatoms. The minimum atomic E-state index is 0.302. The van der Waals surface area contributed by atoms with Crippen LogP contribution < -0.4 is 22.3 Å². The van der Waals surface area contributed by atoms with Crippen molar-refractivity contribution in [2.24, 2.45) is 11.5 Å². The van der Waals surface area contributed by atoms with Gasteiger partial charge in [-0.1, -0.05) is 24.3 Å². The Balaban J connectivity index is 2.02. The van der Waals surface area contributed by atoms with Crippen LogP contribution in [0, 0.1) is 13.8 Å². The highest BCUT2D eigenvalue weighted by molar-refractivity contribution is 5.93. The molecule has 8 N–H and O–H groups in total. The lowest BCUT2D eigenvalue weighted by atomic mass is 10.0. The van der Waals surface area contributed by atoms with Gasteiger partial charge in [-0.2, -0.15) is 0 Å². The summed E-state index contributed by atoms with van der Waals surface area (Å²) < 4.78 is 6.18. The summed E-state index contributed by atoms with van der Waals surface area (Å²) in [4.78, 5) is 0. The molecule has 0 aliphatic heterocycles. The smallest absolute Gasteiger partial charge is 0.270 e. The quantitative estimate of drug-likeness (QED) is 0.402. The average Bonchev–Trinajstić information content (AvgIpc) is 2.90. The molecule has 0 fully saturated rings. The topological polar surface area (TPSA) is 116 Å². The first-order valence-corrected chi connectivity index (χ1v) is 7.96. The molecule has 1 heterocycles. The van der Waals surface area contributed by atoms with Crippen molar-refractivity contribution >= 4 is 11.7 Å². The molecular formula is C20H22N4O+2. The van der Waals surface area contributed by atoms with Gasteiger partial charge in [0.2, 0.25) is 0 Å². The lowest BCUT2D eigenvalue weighted by Gasteiger charge is -2.01. The monoisotopic (exact) mass is 334 g/mol. The van der Waals surface area contributed by atoms with E-state index in [9.17, 15) is 0 Å². The van der Waals surface area contributed by atoms with Gasteiger partial charge in [-0.05, 0) is 49.2 Å². The molecule has 0 unspecified atom stereocenters. The van der Waals surface area contributed by atoms with Crippen molar-refractivity contribution in [3.8, 4) is 22.6 Å². The Morgan fingerprint density at radius 1 is 0.680 bits per heavy atom. The molecule has 0 saturated heterocycles. The Bertz CT molecular complexity index is 873. The first-order chi connectivity index (χ1) is 11.9. The fourth-order valence-electron chi connectivity index (χ4n) is 2.77. The van der Waals surface area contributed by atoms with Crippen LogP contribution in [0.25, 0.3) is 22.6 Å². The molecule has 0 radical (unpaired) electrons. The Hall–Kier alpha value is -3.34. The third-order valence-corrected chi connectivity index (χ3v) is 4.41. The second-order valence-corrected chi connectivity index (χ2v) is 6.08. The summed E-state index contributed by atoms with van der Waals surface area (Å²) in [5.41, 5.74) is 17.0. The number of benzene rings is 2. The van der Waals surface area contributed by atoms with Gasteiger partial charge >= 0.3 is 0 Å². The van der Waals surface area contributed by atoms with Gasteiger partial charge in [0.1, 0.15) is 11.5 Å². The zero-order chi connectivity index (χ0) is 18.1. The maximum atomic E-state index is 6.18. The van der Waals surface area contributed by atoms with E-state index in [0.29, 0.717) is 11.7 Å². The lowest BCUT2D eigenvalue weighted by molar-refractivity contribution is -0.115. The second-order valence-electron chi connectivity index (χ2n) is 6.08. The van der Waals surface area contributed by atoms with Gasteiger partial charge in [0.25, 0.3) is 11.7 Å². The van der Waals surface area contributed by atoms with Crippen molar-refractivity contribution in [3.05, 3.63) is 70.8 Å². The maximum absolute atomic E-state index is 6.18. The van der Waals surface area contributed by atoms with Gasteiger partial charge in [-0.25, -0.2) is 0 Å². The van der Waals surface area contributed by atoms with Gasteiger partial charge in [-0.15, -0.1) is 0 Å². The summed E-state index contributed by atoms with van der Waals surface area (Å²) in [6.07, 6.45) is 0. The Morgan fingerprint density at radius 3 is 1.28 bits per heavy atom. The van der Waals surface area contributed by atoms with E-state index in [1.165, 1.54) is 0 Å². The van der Waals surface area contributed by atoms with Crippen LogP contribution in [-0.2, 0) is 0 Å². The summed E-state index contributed by atoms with van der Waals surface area (Å²) in [5, 5.41) is 11.2. The maximum Gasteiger partial charge on any atom is 0.270 e. The highest BCUT2D eigenvalue weighted by Crippen LogP contribution is 2.36. The van der Waals surface area contributed by atoms with E-state index < -0.39 is 0 Å². The number of amidine groups is 2. The van der Waals surface area contributed by atoms with E-state index in [4.69, 9.17) is 26.7 Å². The predicted octanol–water partition coefficient (Wildman–Crippen LogP) is 0.159. The molecule has 3 rings (SSSR count). The molecule has 1 aromatic heterocycles. The number of rotatable bonds is 4. The van der Waals surface area contributed by atoms with Gasteiger partial charge in [0, 0.05) is 11.1 Å². The fourth-order valence-corrected chi connectivity index (χ4v) is 2.77. The number of hydrogen-bond acceptors (Lipinski definition) is 1. The molecule has 0 atom stereocenters. The Morgan fingerprint density at radius 2 is 1.00 bits per heavy atom. The SMILES string of the molecule is Cc1c(-c2ccc(C(N)=[NH2+])cc2)oc(-c2ccc(C(N)=[NH2+])cc2)c1C. The largest absolute Gasteiger partial charge is 0.456 e. The van der Waals surface area contributed by atoms with Crippen molar-refractivity contribution in [3.63, 3.8) is 0 Å². The van der Waals surface area contributed by atoms with Crippen LogP contribution in [0.4, 0.5) is 0 Å². The zero-order valence-electron chi connectivity index (χ0n) is 14.3. The molecule has 25 heavy (non-hydrogen) atoms. The first-order valence-electron chi connectivity index (χ1n) is 7.96. The molecule has 126 valence electrons. The summed E-state index contributed by atoms with van der Waals surface area (Å²) in [5.74, 6) is 2.28. The van der Waals surface area contributed by atoms with E-state index >= 15 is 0 Å². The molecule has 3 aromatic rings. The minimum Gasteiger partial charge on any atom is -0.456 e. The van der Waals surface area contributed by atoms with Crippen LogP contribution in [0.15, 0.2) is 52.9 Å². The predicted molar refractivity (Wildman–Crippen MR) is 99.5 cm³/mol. The van der Waals surface area contributed by atoms with Crippen LogP contribution in [0.3, 0.4) is 0 Å². The van der Waals surface area contributed by atoms with E-state index in [1.54, 1.807) is 0 Å². The second kappa shape index (κ2) is 6.28. The minimum absolute atomic E-state index is 0.302. The van der Waals surface area contributed by atoms with Crippen molar-refractivity contribution in [1.82, 2.24) is 0 Å². The molecule has 0 amide bonds. The molecule has 2 aromatic carbocycles. The van der Waals surface area contributed by atoms with Crippen LogP contribution in [0.1, 0.15) is 22.3 Å². The van der Waals surface area contributed by atoms with Crippen LogP contribution >= 0.6 is 0 Å². The highest BCUT2D eigenvalue weighted by atomic mass is 16.3. The summed E-state index contributed by atoms with van der Waals surface area (Å²) in [6, 6.07) is 15.4. The number of nitrogens with two attached hydrogens (primary N) is 4. The van der Waals surface area contributed by atoms with E-state index in [-0.39, 0.29) is 0 Å². The van der Waals surface area contributed by atoms with E-state index in [1.807, 2.05) is 48.5 Å². The molecule has 0 saturated carbocycles. The first kappa shape index (κ1) is 16.5.